The number of nitrogens with two attached hydrogens (primary N) is 1. The first-order chi connectivity index (χ1) is 8.99. The lowest BCUT2D eigenvalue weighted by Gasteiger charge is -2.15. The number of hydrogen-bond donors (Lipinski definition) is 2. The Hall–Kier alpha value is -1.86. The van der Waals surface area contributed by atoms with Crippen molar-refractivity contribution in [2.45, 2.75) is 6.04 Å². The molecule has 3 N–H and O–H groups in total. The summed E-state index contributed by atoms with van der Waals surface area (Å²) in [6.07, 6.45) is 0. The van der Waals surface area contributed by atoms with E-state index in [1.54, 1.807) is 0 Å². The maximum Gasteiger partial charge on any atom is 0.329 e. The largest absolute Gasteiger partial charge is 0.493 e. The number of benzene rings is 1. The van der Waals surface area contributed by atoms with Gasteiger partial charge in [-0.2, -0.15) is 0 Å². The fourth-order valence-electron chi connectivity index (χ4n) is 1.52. The van der Waals surface area contributed by atoms with Crippen molar-refractivity contribution in [1.82, 2.24) is 0 Å². The fourth-order valence-corrected chi connectivity index (χ4v) is 1.52. The topological polar surface area (TPSA) is 91.0 Å². The molecule has 106 valence electrons. The molecule has 1 atom stereocenters. The Bertz CT molecular complexity index is 452. The van der Waals surface area contributed by atoms with Gasteiger partial charge in [0.15, 0.2) is 11.5 Å². The van der Waals surface area contributed by atoms with Crippen LogP contribution in [0.2, 0.25) is 0 Å². The molecule has 7 heteroatoms. The van der Waals surface area contributed by atoms with Gasteiger partial charge < -0.3 is 25.1 Å². The molecule has 1 aromatic rings. The molecular weight excluding hydrogens is 257 g/mol. The molecule has 0 aromatic heterocycles. The summed E-state index contributed by atoms with van der Waals surface area (Å²) in [6.45, 7) is -0.596. The zero-order chi connectivity index (χ0) is 14.4. The second-order valence-corrected chi connectivity index (χ2v) is 3.74. The van der Waals surface area contributed by atoms with Crippen LogP contribution in [0, 0.1) is 5.82 Å². The zero-order valence-corrected chi connectivity index (χ0v) is 10.7. The predicted molar refractivity (Wildman–Crippen MR) is 64.9 cm³/mol. The molecule has 19 heavy (non-hydrogen) atoms. The van der Waals surface area contributed by atoms with Crippen LogP contribution in [-0.4, -0.2) is 38.5 Å². The Morgan fingerprint density at radius 1 is 1.37 bits per heavy atom. The van der Waals surface area contributed by atoms with E-state index in [2.05, 4.69) is 0 Å². The second kappa shape index (κ2) is 6.91. The number of aliphatic carboxylic acids is 1. The molecule has 0 radical (unpaired) electrons. The molecule has 1 rings (SSSR count). The van der Waals surface area contributed by atoms with Crippen LogP contribution >= 0.6 is 0 Å². The first kappa shape index (κ1) is 15.2. The van der Waals surface area contributed by atoms with Crippen molar-refractivity contribution in [3.63, 3.8) is 0 Å². The molecule has 0 saturated carbocycles. The van der Waals surface area contributed by atoms with E-state index in [1.807, 2.05) is 0 Å². The van der Waals surface area contributed by atoms with E-state index in [9.17, 15) is 9.18 Å². The van der Waals surface area contributed by atoms with Crippen molar-refractivity contribution in [3.8, 4) is 11.5 Å². The zero-order valence-electron chi connectivity index (χ0n) is 10.7. The van der Waals surface area contributed by atoms with Gasteiger partial charge in [0.2, 0.25) is 0 Å². The lowest BCUT2D eigenvalue weighted by atomic mass is 10.1. The minimum absolute atomic E-state index is 0.112. The molecule has 1 unspecified atom stereocenters. The number of carbonyl (C=O) groups is 1. The summed E-state index contributed by atoms with van der Waals surface area (Å²) in [5.74, 6) is -1.08. The van der Waals surface area contributed by atoms with Crippen LogP contribution in [0.3, 0.4) is 0 Å². The molecule has 0 amide bonds. The quantitative estimate of drug-likeness (QED) is 0.768. The van der Waals surface area contributed by atoms with E-state index in [4.69, 9.17) is 25.1 Å². The normalized spacial score (nSPS) is 12.0. The average molecular weight is 273 g/mol. The van der Waals surface area contributed by atoms with Crippen LogP contribution in [0.25, 0.3) is 0 Å². The summed E-state index contributed by atoms with van der Waals surface area (Å²) >= 11 is 0. The Labute approximate surface area is 109 Å². The van der Waals surface area contributed by atoms with E-state index in [-0.39, 0.29) is 17.9 Å². The summed E-state index contributed by atoms with van der Waals surface area (Å²) in [6, 6.07) is 1.77. The van der Waals surface area contributed by atoms with Crippen LogP contribution in [-0.2, 0) is 9.53 Å². The standard InChI is InChI=1S/C12H16FNO5/c1-17-10-3-7(8(13)4-11(10)18-2)9(14)5-19-6-12(15)16/h3-4,9H,5-6,14H2,1-2H3,(H,15,16). The average Bonchev–Trinajstić information content (AvgIpc) is 2.37. The van der Waals surface area contributed by atoms with Gasteiger partial charge in [-0.3, -0.25) is 0 Å². The van der Waals surface area contributed by atoms with E-state index in [0.717, 1.165) is 6.07 Å². The number of carboxylic acid groups (broad SMARTS) is 1. The molecule has 1 aromatic carbocycles. The maximum atomic E-state index is 13.8. The summed E-state index contributed by atoms with van der Waals surface area (Å²) in [7, 11) is 2.82. The maximum absolute atomic E-state index is 13.8. The van der Waals surface area contributed by atoms with E-state index < -0.39 is 24.4 Å². The van der Waals surface area contributed by atoms with Gasteiger partial charge in [-0.25, -0.2) is 9.18 Å². The lowest BCUT2D eigenvalue weighted by Crippen LogP contribution is -2.21. The van der Waals surface area contributed by atoms with Gasteiger partial charge in [0, 0.05) is 11.6 Å². The number of carboxylic acids is 1. The summed E-state index contributed by atoms with van der Waals surface area (Å²) in [5.41, 5.74) is 5.91. The molecular formula is C12H16FNO5. The van der Waals surface area contributed by atoms with E-state index >= 15 is 0 Å². The van der Waals surface area contributed by atoms with Gasteiger partial charge in [-0.1, -0.05) is 0 Å². The smallest absolute Gasteiger partial charge is 0.329 e. The number of rotatable bonds is 7. The van der Waals surface area contributed by atoms with Crippen molar-refractivity contribution in [1.29, 1.82) is 0 Å². The van der Waals surface area contributed by atoms with E-state index in [1.165, 1.54) is 20.3 Å². The molecule has 0 fully saturated rings. The number of ether oxygens (including phenoxy) is 3. The highest BCUT2D eigenvalue weighted by Gasteiger charge is 2.17. The molecule has 0 aliphatic rings. The first-order valence-corrected chi connectivity index (χ1v) is 5.46. The summed E-state index contributed by atoms with van der Waals surface area (Å²) in [4.78, 5) is 10.3. The summed E-state index contributed by atoms with van der Waals surface area (Å²) < 4.78 is 28.6. The SMILES string of the molecule is COc1cc(F)c(C(N)COCC(=O)O)cc1OC. The van der Waals surface area contributed by atoms with Crippen molar-refractivity contribution in [2.75, 3.05) is 27.4 Å². The highest BCUT2D eigenvalue weighted by molar-refractivity contribution is 5.68. The third kappa shape index (κ3) is 4.08. The molecule has 0 spiro atoms. The number of hydrogen-bond acceptors (Lipinski definition) is 5. The Morgan fingerprint density at radius 3 is 2.47 bits per heavy atom. The van der Waals surface area contributed by atoms with Gasteiger partial charge in [0.25, 0.3) is 0 Å². The van der Waals surface area contributed by atoms with Crippen LogP contribution in [0.15, 0.2) is 12.1 Å². The van der Waals surface area contributed by atoms with Gasteiger partial charge in [-0.15, -0.1) is 0 Å². The van der Waals surface area contributed by atoms with Crippen molar-refractivity contribution >= 4 is 5.97 Å². The van der Waals surface area contributed by atoms with Crippen molar-refractivity contribution in [3.05, 3.63) is 23.5 Å². The Balaban J connectivity index is 2.84. The molecule has 0 heterocycles. The Morgan fingerprint density at radius 2 is 1.95 bits per heavy atom. The number of halogens is 1. The lowest BCUT2D eigenvalue weighted by molar-refractivity contribution is -0.142. The second-order valence-electron chi connectivity index (χ2n) is 3.74. The monoisotopic (exact) mass is 273 g/mol. The highest BCUT2D eigenvalue weighted by atomic mass is 19.1. The van der Waals surface area contributed by atoms with Crippen LogP contribution in [0.4, 0.5) is 4.39 Å². The third-order valence-corrected chi connectivity index (χ3v) is 2.43. The molecule has 0 aliphatic carbocycles. The number of methoxy groups -OCH3 is 2. The van der Waals surface area contributed by atoms with E-state index in [0.29, 0.717) is 5.75 Å². The van der Waals surface area contributed by atoms with Gasteiger partial charge in [0.1, 0.15) is 12.4 Å². The predicted octanol–water partition coefficient (Wildman–Crippen LogP) is 0.944. The minimum atomic E-state index is -1.11. The minimum Gasteiger partial charge on any atom is -0.493 e. The molecule has 6 nitrogen and oxygen atoms in total. The first-order valence-electron chi connectivity index (χ1n) is 5.46. The third-order valence-electron chi connectivity index (χ3n) is 2.43. The molecule has 0 saturated heterocycles. The fraction of sp³-hybridized carbons (Fsp3) is 0.417. The van der Waals surface area contributed by atoms with Crippen molar-refractivity contribution in [2.24, 2.45) is 5.73 Å². The van der Waals surface area contributed by atoms with Gasteiger partial charge in [-0.05, 0) is 6.07 Å². The van der Waals surface area contributed by atoms with Crippen molar-refractivity contribution < 1.29 is 28.5 Å². The van der Waals surface area contributed by atoms with Crippen LogP contribution in [0.5, 0.6) is 11.5 Å². The van der Waals surface area contributed by atoms with Gasteiger partial charge >= 0.3 is 5.97 Å². The molecule has 0 aliphatic heterocycles. The van der Waals surface area contributed by atoms with Crippen LogP contribution in [0.1, 0.15) is 11.6 Å². The highest BCUT2D eigenvalue weighted by Crippen LogP contribution is 2.31. The summed E-state index contributed by atoms with van der Waals surface area (Å²) in [5, 5.41) is 8.43. The van der Waals surface area contributed by atoms with Crippen LogP contribution < -0.4 is 15.2 Å². The van der Waals surface area contributed by atoms with Gasteiger partial charge in [0.05, 0.1) is 26.9 Å². The molecule has 0 bridgehead atoms. The Kier molecular flexibility index (Phi) is 5.53.